The molecule has 0 unspecified atom stereocenters. The zero-order valence-electron chi connectivity index (χ0n) is 13.1. The van der Waals surface area contributed by atoms with Gasteiger partial charge in [0.15, 0.2) is 11.5 Å². The molecule has 120 valence electrons. The summed E-state index contributed by atoms with van der Waals surface area (Å²) < 4.78 is 11.0. The van der Waals surface area contributed by atoms with Crippen LogP contribution in [0.5, 0.6) is 11.5 Å². The Labute approximate surface area is 135 Å². The van der Waals surface area contributed by atoms with E-state index in [1.165, 1.54) is 5.56 Å². The van der Waals surface area contributed by atoms with Crippen molar-refractivity contribution in [3.63, 3.8) is 0 Å². The van der Waals surface area contributed by atoms with E-state index in [0.717, 1.165) is 17.0 Å². The molecule has 23 heavy (non-hydrogen) atoms. The number of aryl methyl sites for hydroxylation is 1. The highest BCUT2D eigenvalue weighted by atomic mass is 16.6. The van der Waals surface area contributed by atoms with Crippen molar-refractivity contribution in [1.82, 2.24) is 5.32 Å². The summed E-state index contributed by atoms with van der Waals surface area (Å²) in [5.74, 6) is 1.40. The van der Waals surface area contributed by atoms with Crippen LogP contribution in [0.15, 0.2) is 42.5 Å². The zero-order chi connectivity index (χ0) is 16.1. The van der Waals surface area contributed by atoms with E-state index in [-0.39, 0.29) is 12.5 Å². The van der Waals surface area contributed by atoms with Gasteiger partial charge in [0.25, 0.3) is 0 Å². The van der Waals surface area contributed by atoms with Crippen LogP contribution in [0.25, 0.3) is 0 Å². The minimum absolute atomic E-state index is 0.0526. The Morgan fingerprint density at radius 3 is 2.70 bits per heavy atom. The highest BCUT2D eigenvalue weighted by Crippen LogP contribution is 2.32. The molecule has 2 aromatic carbocycles. The fourth-order valence-electron chi connectivity index (χ4n) is 2.40. The molecule has 5 heteroatoms. The number of carbonyl (C=O) groups excluding carboxylic acids is 1. The van der Waals surface area contributed by atoms with Crippen molar-refractivity contribution in [3.8, 4) is 11.5 Å². The van der Waals surface area contributed by atoms with Gasteiger partial charge in [-0.05, 0) is 30.2 Å². The van der Waals surface area contributed by atoms with E-state index in [0.29, 0.717) is 25.5 Å². The van der Waals surface area contributed by atoms with Gasteiger partial charge >= 0.3 is 0 Å². The molecule has 0 spiro atoms. The molecule has 1 amide bonds. The first-order chi connectivity index (χ1) is 11.2. The summed E-state index contributed by atoms with van der Waals surface area (Å²) in [7, 11) is 0. The Balaban J connectivity index is 1.50. The van der Waals surface area contributed by atoms with E-state index in [4.69, 9.17) is 9.47 Å². The van der Waals surface area contributed by atoms with Gasteiger partial charge in [-0.25, -0.2) is 0 Å². The fraction of sp³-hybridized carbons (Fsp3) is 0.278. The SMILES string of the molecule is Cc1ccccc1CNC(=O)CNc1ccc2c(c1)OCCO2. The normalized spacial score (nSPS) is 12.6. The van der Waals surface area contributed by atoms with Crippen LogP contribution in [-0.4, -0.2) is 25.7 Å². The molecule has 0 fully saturated rings. The molecular formula is C18H20N2O3. The van der Waals surface area contributed by atoms with Crippen molar-refractivity contribution in [1.29, 1.82) is 0 Å². The molecule has 3 rings (SSSR count). The van der Waals surface area contributed by atoms with Crippen LogP contribution in [0.3, 0.4) is 0 Å². The van der Waals surface area contributed by atoms with Gasteiger partial charge in [-0.3, -0.25) is 4.79 Å². The van der Waals surface area contributed by atoms with E-state index in [1.54, 1.807) is 0 Å². The molecule has 0 saturated carbocycles. The lowest BCUT2D eigenvalue weighted by Gasteiger charge is -2.19. The minimum Gasteiger partial charge on any atom is -0.486 e. The lowest BCUT2D eigenvalue weighted by Crippen LogP contribution is -2.29. The third-order valence-corrected chi connectivity index (χ3v) is 3.73. The Morgan fingerprint density at radius 2 is 1.87 bits per heavy atom. The molecule has 1 aliphatic rings. The summed E-state index contributed by atoms with van der Waals surface area (Å²) in [5, 5.41) is 6.01. The van der Waals surface area contributed by atoms with Crippen LogP contribution in [-0.2, 0) is 11.3 Å². The van der Waals surface area contributed by atoms with Crippen molar-refractivity contribution < 1.29 is 14.3 Å². The van der Waals surface area contributed by atoms with E-state index in [9.17, 15) is 4.79 Å². The topological polar surface area (TPSA) is 59.6 Å². The first-order valence-corrected chi connectivity index (χ1v) is 7.67. The largest absolute Gasteiger partial charge is 0.486 e. The molecule has 0 aliphatic carbocycles. The number of ether oxygens (including phenoxy) is 2. The average molecular weight is 312 g/mol. The fourth-order valence-corrected chi connectivity index (χ4v) is 2.40. The third-order valence-electron chi connectivity index (χ3n) is 3.73. The molecule has 2 N–H and O–H groups in total. The second-order valence-corrected chi connectivity index (χ2v) is 5.42. The van der Waals surface area contributed by atoms with Crippen molar-refractivity contribution in [2.75, 3.05) is 25.1 Å². The lowest BCUT2D eigenvalue weighted by atomic mass is 10.1. The first-order valence-electron chi connectivity index (χ1n) is 7.67. The molecule has 0 bridgehead atoms. The van der Waals surface area contributed by atoms with Crippen LogP contribution >= 0.6 is 0 Å². The summed E-state index contributed by atoms with van der Waals surface area (Å²) >= 11 is 0. The molecule has 5 nitrogen and oxygen atoms in total. The predicted molar refractivity (Wildman–Crippen MR) is 88.9 cm³/mol. The van der Waals surface area contributed by atoms with Gasteiger partial charge in [0.1, 0.15) is 13.2 Å². The number of rotatable bonds is 5. The minimum atomic E-state index is -0.0526. The van der Waals surface area contributed by atoms with Gasteiger partial charge in [-0.2, -0.15) is 0 Å². The molecule has 0 aromatic heterocycles. The van der Waals surface area contributed by atoms with Crippen molar-refractivity contribution in [2.24, 2.45) is 0 Å². The summed E-state index contributed by atoms with van der Waals surface area (Å²) in [6, 6.07) is 13.6. The molecule has 0 saturated heterocycles. The molecule has 0 radical (unpaired) electrons. The van der Waals surface area contributed by atoms with Crippen LogP contribution in [0.1, 0.15) is 11.1 Å². The number of hydrogen-bond acceptors (Lipinski definition) is 4. The van der Waals surface area contributed by atoms with Crippen LogP contribution in [0.4, 0.5) is 5.69 Å². The van der Waals surface area contributed by atoms with Gasteiger partial charge in [0.2, 0.25) is 5.91 Å². The number of benzene rings is 2. The van der Waals surface area contributed by atoms with Crippen molar-refractivity contribution in [3.05, 3.63) is 53.6 Å². The maximum Gasteiger partial charge on any atom is 0.239 e. The second kappa shape index (κ2) is 7.05. The van der Waals surface area contributed by atoms with E-state index < -0.39 is 0 Å². The standard InChI is InChI=1S/C18H20N2O3/c1-13-4-2-3-5-14(13)11-20-18(21)12-19-15-6-7-16-17(10-15)23-9-8-22-16/h2-7,10,19H,8-9,11-12H2,1H3,(H,20,21). The van der Waals surface area contributed by atoms with E-state index in [2.05, 4.69) is 10.6 Å². The highest BCUT2D eigenvalue weighted by Gasteiger charge is 2.12. The predicted octanol–water partition coefficient (Wildman–Crippen LogP) is 2.49. The number of fused-ring (bicyclic) bond motifs is 1. The van der Waals surface area contributed by atoms with E-state index in [1.807, 2.05) is 49.4 Å². The Hall–Kier alpha value is -2.69. The highest BCUT2D eigenvalue weighted by molar-refractivity contribution is 5.80. The summed E-state index contributed by atoms with van der Waals surface area (Å²) in [5.41, 5.74) is 3.13. The second-order valence-electron chi connectivity index (χ2n) is 5.42. The van der Waals surface area contributed by atoms with Crippen LogP contribution in [0.2, 0.25) is 0 Å². The van der Waals surface area contributed by atoms with Crippen molar-refractivity contribution in [2.45, 2.75) is 13.5 Å². The third kappa shape index (κ3) is 3.94. The average Bonchev–Trinajstić information content (AvgIpc) is 2.59. The van der Waals surface area contributed by atoms with Gasteiger partial charge in [0.05, 0.1) is 6.54 Å². The van der Waals surface area contributed by atoms with Crippen LogP contribution < -0.4 is 20.1 Å². The maximum absolute atomic E-state index is 12.0. The number of hydrogen-bond donors (Lipinski definition) is 2. The molecule has 1 heterocycles. The van der Waals surface area contributed by atoms with Crippen molar-refractivity contribution >= 4 is 11.6 Å². The molecule has 0 atom stereocenters. The Bertz CT molecular complexity index is 700. The van der Waals surface area contributed by atoms with Gasteiger partial charge < -0.3 is 20.1 Å². The first kappa shape index (κ1) is 15.2. The smallest absolute Gasteiger partial charge is 0.239 e. The Kier molecular flexibility index (Phi) is 4.66. The molecule has 2 aromatic rings. The van der Waals surface area contributed by atoms with Crippen LogP contribution in [0, 0.1) is 6.92 Å². The van der Waals surface area contributed by atoms with Gasteiger partial charge in [0, 0.05) is 18.3 Å². The zero-order valence-corrected chi connectivity index (χ0v) is 13.1. The number of anilines is 1. The molecule has 1 aliphatic heterocycles. The maximum atomic E-state index is 12.0. The summed E-state index contributed by atoms with van der Waals surface area (Å²) in [4.78, 5) is 12.0. The number of nitrogens with one attached hydrogen (secondary N) is 2. The number of carbonyl (C=O) groups is 1. The summed E-state index contributed by atoms with van der Waals surface area (Å²) in [6.45, 7) is 3.91. The molecular weight excluding hydrogens is 292 g/mol. The summed E-state index contributed by atoms with van der Waals surface area (Å²) in [6.07, 6.45) is 0. The number of amides is 1. The Morgan fingerprint density at radius 1 is 1.09 bits per heavy atom. The van der Waals surface area contributed by atoms with E-state index >= 15 is 0 Å². The van der Waals surface area contributed by atoms with Gasteiger partial charge in [-0.15, -0.1) is 0 Å². The van der Waals surface area contributed by atoms with Gasteiger partial charge in [-0.1, -0.05) is 24.3 Å². The lowest BCUT2D eigenvalue weighted by molar-refractivity contribution is -0.119. The quantitative estimate of drug-likeness (QED) is 0.890. The monoisotopic (exact) mass is 312 g/mol.